The van der Waals surface area contributed by atoms with E-state index < -0.39 is 10.0 Å². The van der Waals surface area contributed by atoms with Crippen LogP contribution in [-0.2, 0) is 16.4 Å². The Bertz CT molecular complexity index is 977. The summed E-state index contributed by atoms with van der Waals surface area (Å²) >= 11 is 0. The van der Waals surface area contributed by atoms with E-state index in [1.54, 1.807) is 37.4 Å². The van der Waals surface area contributed by atoms with Crippen molar-refractivity contribution in [2.45, 2.75) is 11.3 Å². The maximum Gasteiger partial charge on any atom is 0.263 e. The van der Waals surface area contributed by atoms with E-state index in [0.29, 0.717) is 12.4 Å². The average Bonchev–Trinajstić information content (AvgIpc) is 2.70. The van der Waals surface area contributed by atoms with Crippen LogP contribution in [0.15, 0.2) is 71.6 Å². The largest absolute Gasteiger partial charge is 0.496 e. The smallest absolute Gasteiger partial charge is 0.263 e. The van der Waals surface area contributed by atoms with E-state index in [9.17, 15) is 8.42 Å². The van der Waals surface area contributed by atoms with Gasteiger partial charge in [-0.25, -0.2) is 8.42 Å². The Kier molecular flexibility index (Phi) is 5.87. The second kappa shape index (κ2) is 8.50. The SMILES string of the molecule is COc1ccccc1CCNc1ccc(NS(=O)(=O)c2ccccc2)nn1. The highest BCUT2D eigenvalue weighted by molar-refractivity contribution is 7.92. The topological polar surface area (TPSA) is 93.2 Å². The summed E-state index contributed by atoms with van der Waals surface area (Å²) < 4.78 is 32.3. The zero-order valence-corrected chi connectivity index (χ0v) is 15.6. The fraction of sp³-hybridized carbons (Fsp3) is 0.158. The van der Waals surface area contributed by atoms with E-state index in [1.165, 1.54) is 12.1 Å². The third-order valence-electron chi connectivity index (χ3n) is 3.85. The van der Waals surface area contributed by atoms with Gasteiger partial charge in [-0.1, -0.05) is 36.4 Å². The Morgan fingerprint density at radius 2 is 1.56 bits per heavy atom. The maximum atomic E-state index is 12.3. The minimum atomic E-state index is -3.67. The predicted octanol–water partition coefficient (Wildman–Crippen LogP) is 2.94. The molecule has 3 rings (SSSR count). The van der Waals surface area contributed by atoms with E-state index in [0.717, 1.165) is 17.7 Å². The molecule has 1 heterocycles. The van der Waals surface area contributed by atoms with Crippen LogP contribution in [0.2, 0.25) is 0 Å². The second-order valence-electron chi connectivity index (χ2n) is 5.71. The van der Waals surface area contributed by atoms with Gasteiger partial charge in [-0.05, 0) is 42.3 Å². The van der Waals surface area contributed by atoms with Crippen LogP contribution in [0.1, 0.15) is 5.56 Å². The zero-order chi connectivity index (χ0) is 19.1. The lowest BCUT2D eigenvalue weighted by Crippen LogP contribution is -2.14. The van der Waals surface area contributed by atoms with Crippen LogP contribution in [0.25, 0.3) is 0 Å². The molecule has 2 aromatic carbocycles. The highest BCUT2D eigenvalue weighted by Gasteiger charge is 2.14. The molecule has 0 bridgehead atoms. The summed E-state index contributed by atoms with van der Waals surface area (Å²) in [6, 6.07) is 19.2. The van der Waals surface area contributed by atoms with Crippen LogP contribution in [0.3, 0.4) is 0 Å². The van der Waals surface area contributed by atoms with Crippen LogP contribution in [0.5, 0.6) is 5.75 Å². The van der Waals surface area contributed by atoms with Gasteiger partial charge in [0.05, 0.1) is 12.0 Å². The van der Waals surface area contributed by atoms with Gasteiger partial charge in [-0.15, -0.1) is 10.2 Å². The minimum absolute atomic E-state index is 0.161. The first-order chi connectivity index (χ1) is 13.1. The Morgan fingerprint density at radius 3 is 2.26 bits per heavy atom. The number of aromatic nitrogens is 2. The van der Waals surface area contributed by atoms with Crippen molar-refractivity contribution in [3.63, 3.8) is 0 Å². The van der Waals surface area contributed by atoms with Crippen LogP contribution >= 0.6 is 0 Å². The Morgan fingerprint density at radius 1 is 0.889 bits per heavy atom. The van der Waals surface area contributed by atoms with Gasteiger partial charge in [-0.3, -0.25) is 4.72 Å². The second-order valence-corrected chi connectivity index (χ2v) is 7.39. The van der Waals surface area contributed by atoms with Crippen molar-refractivity contribution >= 4 is 21.7 Å². The predicted molar refractivity (Wildman–Crippen MR) is 104 cm³/mol. The van der Waals surface area contributed by atoms with Gasteiger partial charge in [0.2, 0.25) is 0 Å². The molecule has 0 aliphatic carbocycles. The molecule has 0 amide bonds. The number of ether oxygens (including phenoxy) is 1. The number of nitrogens with one attached hydrogen (secondary N) is 2. The van der Waals surface area contributed by atoms with Crippen molar-refractivity contribution in [2.75, 3.05) is 23.7 Å². The van der Waals surface area contributed by atoms with Gasteiger partial charge in [0, 0.05) is 6.54 Å². The number of hydrogen-bond donors (Lipinski definition) is 2. The van der Waals surface area contributed by atoms with Crippen LogP contribution in [0, 0.1) is 0 Å². The maximum absolute atomic E-state index is 12.3. The molecule has 0 aliphatic rings. The summed E-state index contributed by atoms with van der Waals surface area (Å²) in [5, 5.41) is 11.1. The van der Waals surface area contributed by atoms with E-state index in [4.69, 9.17) is 4.74 Å². The third kappa shape index (κ3) is 4.95. The number of rotatable bonds is 8. The number of anilines is 2. The quantitative estimate of drug-likeness (QED) is 0.620. The Labute approximate surface area is 158 Å². The summed E-state index contributed by atoms with van der Waals surface area (Å²) in [5.41, 5.74) is 1.09. The van der Waals surface area contributed by atoms with Crippen molar-refractivity contribution in [2.24, 2.45) is 0 Å². The molecule has 0 unspecified atom stereocenters. The van der Waals surface area contributed by atoms with Crippen LogP contribution in [-0.4, -0.2) is 32.3 Å². The van der Waals surface area contributed by atoms with Crippen molar-refractivity contribution < 1.29 is 13.2 Å². The van der Waals surface area contributed by atoms with E-state index in [2.05, 4.69) is 20.2 Å². The zero-order valence-electron chi connectivity index (χ0n) is 14.8. The first kappa shape index (κ1) is 18.7. The number of methoxy groups -OCH3 is 1. The molecule has 0 fully saturated rings. The lowest BCUT2D eigenvalue weighted by atomic mass is 10.1. The summed E-state index contributed by atoms with van der Waals surface area (Å²) in [6.07, 6.45) is 0.758. The van der Waals surface area contributed by atoms with E-state index in [1.807, 2.05) is 24.3 Å². The highest BCUT2D eigenvalue weighted by Crippen LogP contribution is 2.18. The monoisotopic (exact) mass is 384 g/mol. The number of benzene rings is 2. The van der Waals surface area contributed by atoms with Gasteiger partial charge in [-0.2, -0.15) is 0 Å². The summed E-state index contributed by atoms with van der Waals surface area (Å²) in [5.74, 6) is 1.57. The Balaban J connectivity index is 1.57. The molecule has 8 heteroatoms. The van der Waals surface area contributed by atoms with Gasteiger partial charge >= 0.3 is 0 Å². The van der Waals surface area contributed by atoms with Crippen LogP contribution < -0.4 is 14.8 Å². The number of para-hydroxylation sites is 1. The minimum Gasteiger partial charge on any atom is -0.496 e. The highest BCUT2D eigenvalue weighted by atomic mass is 32.2. The normalized spacial score (nSPS) is 11.0. The Hall–Kier alpha value is -3.13. The van der Waals surface area contributed by atoms with Crippen molar-refractivity contribution in [3.8, 4) is 5.75 Å². The fourth-order valence-corrected chi connectivity index (χ4v) is 3.53. The molecular weight excluding hydrogens is 364 g/mol. The molecule has 0 aliphatic heterocycles. The standard InChI is InChI=1S/C19H20N4O3S/c1-26-17-10-6-5-7-15(17)13-14-20-18-11-12-19(22-21-18)23-27(24,25)16-8-3-2-4-9-16/h2-12H,13-14H2,1H3,(H,20,21)(H,22,23). The molecule has 7 nitrogen and oxygen atoms in total. The van der Waals surface area contributed by atoms with Crippen molar-refractivity contribution in [1.29, 1.82) is 0 Å². The molecule has 0 saturated carbocycles. The van der Waals surface area contributed by atoms with Crippen molar-refractivity contribution in [1.82, 2.24) is 10.2 Å². The molecule has 0 spiro atoms. The number of sulfonamides is 1. The molecule has 3 aromatic rings. The molecule has 0 radical (unpaired) electrons. The average molecular weight is 384 g/mol. The number of hydrogen-bond acceptors (Lipinski definition) is 6. The first-order valence-corrected chi connectivity index (χ1v) is 9.84. The van der Waals surface area contributed by atoms with Crippen molar-refractivity contribution in [3.05, 3.63) is 72.3 Å². The molecule has 0 saturated heterocycles. The molecular formula is C19H20N4O3S. The lowest BCUT2D eigenvalue weighted by Gasteiger charge is -2.10. The summed E-state index contributed by atoms with van der Waals surface area (Å²) in [4.78, 5) is 0.172. The molecule has 1 aromatic heterocycles. The molecule has 27 heavy (non-hydrogen) atoms. The van der Waals surface area contributed by atoms with Gasteiger partial charge < -0.3 is 10.1 Å². The third-order valence-corrected chi connectivity index (χ3v) is 5.22. The molecule has 2 N–H and O–H groups in total. The summed E-state index contributed by atoms with van der Waals surface area (Å²) in [6.45, 7) is 0.643. The summed E-state index contributed by atoms with van der Waals surface area (Å²) in [7, 11) is -2.03. The van der Waals surface area contributed by atoms with Crippen LogP contribution in [0.4, 0.5) is 11.6 Å². The van der Waals surface area contributed by atoms with E-state index >= 15 is 0 Å². The lowest BCUT2D eigenvalue weighted by molar-refractivity contribution is 0.410. The van der Waals surface area contributed by atoms with Gasteiger partial charge in [0.15, 0.2) is 5.82 Å². The van der Waals surface area contributed by atoms with Gasteiger partial charge in [0.1, 0.15) is 11.6 Å². The molecule has 0 atom stereocenters. The number of nitrogens with zero attached hydrogens (tertiary/aromatic N) is 2. The first-order valence-electron chi connectivity index (χ1n) is 8.36. The van der Waals surface area contributed by atoms with Gasteiger partial charge in [0.25, 0.3) is 10.0 Å². The molecule has 140 valence electrons. The van der Waals surface area contributed by atoms with E-state index in [-0.39, 0.29) is 10.7 Å². The fourth-order valence-electron chi connectivity index (χ4n) is 2.51.